The zero-order valence-corrected chi connectivity index (χ0v) is 18.6. The zero-order valence-electron chi connectivity index (χ0n) is 18.6. The molecule has 4 aliphatic rings. The Kier molecular flexibility index (Phi) is 4.72. The number of ketones is 2. The van der Waals surface area contributed by atoms with E-state index < -0.39 is 63.9 Å². The van der Waals surface area contributed by atoms with Gasteiger partial charge in [-0.3, -0.25) is 14.4 Å². The number of carbonyl (C=O) groups is 3. The molecule has 170 valence electrons. The number of aliphatic hydroxyl groups excluding tert-OH is 1. The van der Waals surface area contributed by atoms with Crippen molar-refractivity contribution in [1.29, 1.82) is 0 Å². The molecule has 5 nitrogen and oxygen atoms in total. The number of aliphatic hydroxyl groups is 1. The maximum absolute atomic E-state index is 17.1. The monoisotopic (exact) mass is 436 g/mol. The molecule has 0 radical (unpaired) electrons. The molecule has 0 aliphatic heterocycles. The molecule has 1 N–H and O–H groups in total. The van der Waals surface area contributed by atoms with Crippen LogP contribution < -0.4 is 0 Å². The number of esters is 1. The average molecular weight is 436 g/mol. The fourth-order valence-corrected chi connectivity index (χ4v) is 7.79. The first-order chi connectivity index (χ1) is 14.3. The molecule has 0 amide bonds. The molecule has 4 aliphatic carbocycles. The van der Waals surface area contributed by atoms with E-state index in [1.807, 2.05) is 0 Å². The van der Waals surface area contributed by atoms with Gasteiger partial charge in [0.05, 0.1) is 6.10 Å². The minimum absolute atomic E-state index is 0.0604. The predicted octanol–water partition coefficient (Wildman–Crippen LogP) is 3.44. The predicted molar refractivity (Wildman–Crippen MR) is 108 cm³/mol. The Morgan fingerprint density at radius 1 is 1.19 bits per heavy atom. The Hall–Kier alpha value is -1.89. The molecule has 0 saturated heterocycles. The molecular weight excluding hydrogens is 406 g/mol. The molecule has 31 heavy (non-hydrogen) atoms. The van der Waals surface area contributed by atoms with E-state index in [0.717, 1.165) is 6.08 Å². The average Bonchev–Trinajstić information content (AvgIpc) is 2.87. The van der Waals surface area contributed by atoms with Gasteiger partial charge >= 0.3 is 5.97 Å². The fourth-order valence-electron chi connectivity index (χ4n) is 7.79. The lowest BCUT2D eigenvalue weighted by molar-refractivity contribution is -0.229. The summed E-state index contributed by atoms with van der Waals surface area (Å²) in [5.74, 6) is -3.16. The molecule has 7 heteroatoms. The molecule has 0 aromatic carbocycles. The lowest BCUT2D eigenvalue weighted by Gasteiger charge is -2.63. The van der Waals surface area contributed by atoms with Crippen molar-refractivity contribution in [3.63, 3.8) is 0 Å². The second kappa shape index (κ2) is 6.56. The van der Waals surface area contributed by atoms with Crippen LogP contribution in [0.4, 0.5) is 8.78 Å². The standard InChI is InChI=1S/C24H30F2O5/c1-12-8-16-17-10-19(25)18-9-15(29)6-7-21(18,4)23(17,26)20(30)11-22(16,5)24(12,13(2)27)31-14(3)28/h6-7,9,12,16-17,19-20,30H,8,10-11H2,1-5H3/t12-,16-,17-,19-,20-,21-,22-,23-,24+/m0/s1. The molecule has 0 aromatic heterocycles. The van der Waals surface area contributed by atoms with Gasteiger partial charge in [-0.05, 0) is 56.8 Å². The highest BCUT2D eigenvalue weighted by molar-refractivity contribution is 6.01. The molecule has 0 unspecified atom stereocenters. The van der Waals surface area contributed by atoms with Crippen LogP contribution in [0.5, 0.6) is 0 Å². The van der Waals surface area contributed by atoms with E-state index in [0.29, 0.717) is 6.42 Å². The maximum Gasteiger partial charge on any atom is 0.303 e. The first kappa shape index (κ1) is 22.3. The van der Waals surface area contributed by atoms with Crippen molar-refractivity contribution in [1.82, 2.24) is 0 Å². The summed E-state index contributed by atoms with van der Waals surface area (Å²) in [7, 11) is 0. The van der Waals surface area contributed by atoms with Crippen molar-refractivity contribution in [3.8, 4) is 0 Å². The molecule has 0 spiro atoms. The number of fused-ring (bicyclic) bond motifs is 5. The number of allylic oxidation sites excluding steroid dienone is 4. The zero-order chi connectivity index (χ0) is 23.1. The van der Waals surface area contributed by atoms with E-state index in [2.05, 4.69) is 0 Å². The van der Waals surface area contributed by atoms with Crippen molar-refractivity contribution in [2.24, 2.45) is 28.6 Å². The summed E-state index contributed by atoms with van der Waals surface area (Å²) >= 11 is 0. The molecule has 9 atom stereocenters. The second-order valence-electron chi connectivity index (χ2n) is 10.4. The molecular formula is C24H30F2O5. The van der Waals surface area contributed by atoms with Gasteiger partial charge in [-0.25, -0.2) is 8.78 Å². The summed E-state index contributed by atoms with van der Waals surface area (Å²) < 4.78 is 38.2. The number of Topliss-reactive ketones (excluding diaryl/α,β-unsaturated/α-hetero) is 1. The van der Waals surface area contributed by atoms with Crippen molar-refractivity contribution in [2.75, 3.05) is 0 Å². The fraction of sp³-hybridized carbons (Fsp3) is 0.708. The molecule has 4 rings (SSSR count). The second-order valence-corrected chi connectivity index (χ2v) is 10.4. The summed E-state index contributed by atoms with van der Waals surface area (Å²) in [6.07, 6.45) is 0.765. The Balaban J connectivity index is 1.89. The number of alkyl halides is 2. The molecule has 3 fully saturated rings. The normalized spacial score (nSPS) is 50.8. The van der Waals surface area contributed by atoms with E-state index in [1.54, 1.807) is 13.8 Å². The van der Waals surface area contributed by atoms with Gasteiger partial charge in [0.25, 0.3) is 0 Å². The van der Waals surface area contributed by atoms with Gasteiger partial charge in [-0.1, -0.05) is 19.9 Å². The number of hydrogen-bond donors (Lipinski definition) is 1. The largest absolute Gasteiger partial charge is 0.450 e. The first-order valence-corrected chi connectivity index (χ1v) is 10.9. The summed E-state index contributed by atoms with van der Waals surface area (Å²) in [5, 5.41) is 11.3. The van der Waals surface area contributed by atoms with E-state index >= 15 is 8.78 Å². The summed E-state index contributed by atoms with van der Waals surface area (Å²) in [6.45, 7) is 7.67. The SMILES string of the molecule is CC(=O)O[C@@]1(C(C)=O)[C@@H](C)C[C@H]2[C@@H]3C[C@H](F)C4=CC(=O)C=C[C@]4(C)[C@@]3(F)[C@@H](O)C[C@@]21C. The number of carbonyl (C=O) groups excluding carboxylic acids is 3. The van der Waals surface area contributed by atoms with Crippen LogP contribution in [0.15, 0.2) is 23.8 Å². The van der Waals surface area contributed by atoms with E-state index in [9.17, 15) is 19.5 Å². The number of hydrogen-bond acceptors (Lipinski definition) is 5. The van der Waals surface area contributed by atoms with Crippen molar-refractivity contribution in [3.05, 3.63) is 23.8 Å². The number of halogens is 2. The molecule has 0 aromatic rings. The Morgan fingerprint density at radius 2 is 1.84 bits per heavy atom. The summed E-state index contributed by atoms with van der Waals surface area (Å²) in [4.78, 5) is 36.8. The highest BCUT2D eigenvalue weighted by atomic mass is 19.1. The highest BCUT2D eigenvalue weighted by Gasteiger charge is 2.77. The van der Waals surface area contributed by atoms with E-state index in [4.69, 9.17) is 4.74 Å². The Labute approximate surface area is 180 Å². The first-order valence-electron chi connectivity index (χ1n) is 10.9. The molecule has 3 saturated carbocycles. The minimum Gasteiger partial charge on any atom is -0.450 e. The van der Waals surface area contributed by atoms with Gasteiger partial charge in [-0.2, -0.15) is 0 Å². The smallest absolute Gasteiger partial charge is 0.303 e. The van der Waals surface area contributed by atoms with Crippen LogP contribution in [0, 0.1) is 28.6 Å². The van der Waals surface area contributed by atoms with E-state index in [-0.39, 0.29) is 24.2 Å². The Morgan fingerprint density at radius 3 is 2.42 bits per heavy atom. The third-order valence-corrected chi connectivity index (χ3v) is 9.00. The van der Waals surface area contributed by atoms with Crippen molar-refractivity contribution >= 4 is 17.5 Å². The Bertz CT molecular complexity index is 927. The highest BCUT2D eigenvalue weighted by Crippen LogP contribution is 2.71. The van der Waals surface area contributed by atoms with Gasteiger partial charge < -0.3 is 9.84 Å². The van der Waals surface area contributed by atoms with Gasteiger partial charge in [-0.15, -0.1) is 0 Å². The van der Waals surface area contributed by atoms with Crippen molar-refractivity contribution < 1.29 is 33.0 Å². The van der Waals surface area contributed by atoms with Gasteiger partial charge in [0, 0.05) is 29.6 Å². The van der Waals surface area contributed by atoms with Crippen LogP contribution in [0.1, 0.15) is 53.9 Å². The quantitative estimate of drug-likeness (QED) is 0.671. The third kappa shape index (κ3) is 2.47. The van der Waals surface area contributed by atoms with Crippen LogP contribution >= 0.6 is 0 Å². The molecule has 0 bridgehead atoms. The lowest BCUT2D eigenvalue weighted by Crippen LogP contribution is -2.70. The maximum atomic E-state index is 17.1. The topological polar surface area (TPSA) is 80.7 Å². The van der Waals surface area contributed by atoms with Gasteiger partial charge in [0.15, 0.2) is 22.8 Å². The van der Waals surface area contributed by atoms with Crippen LogP contribution in [-0.2, 0) is 19.1 Å². The van der Waals surface area contributed by atoms with Crippen LogP contribution in [-0.4, -0.2) is 46.2 Å². The van der Waals surface area contributed by atoms with Gasteiger partial charge in [0.2, 0.25) is 0 Å². The number of rotatable bonds is 2. The minimum atomic E-state index is -2.22. The van der Waals surface area contributed by atoms with Crippen molar-refractivity contribution in [2.45, 2.75) is 77.4 Å². The summed E-state index contributed by atoms with van der Waals surface area (Å²) in [5.41, 5.74) is -6.19. The van der Waals surface area contributed by atoms with Crippen LogP contribution in [0.2, 0.25) is 0 Å². The molecule has 0 heterocycles. The third-order valence-electron chi connectivity index (χ3n) is 9.00. The van der Waals surface area contributed by atoms with Crippen LogP contribution in [0.25, 0.3) is 0 Å². The lowest BCUT2D eigenvalue weighted by atomic mass is 9.44. The number of ether oxygens (including phenoxy) is 1. The van der Waals surface area contributed by atoms with Crippen LogP contribution in [0.3, 0.4) is 0 Å². The van der Waals surface area contributed by atoms with Gasteiger partial charge in [0.1, 0.15) is 6.17 Å². The van der Waals surface area contributed by atoms with E-state index in [1.165, 1.54) is 32.9 Å². The summed E-state index contributed by atoms with van der Waals surface area (Å²) in [6, 6.07) is 0.